The van der Waals surface area contributed by atoms with Crippen LogP contribution in [0.2, 0.25) is 0 Å². The number of carbonyl (C=O) groups is 1. The standard InChI is InChI=1S/C25H32FNO5S2/c1-5-14-27(34(30,31)23-17(2)21-16-19(26)10-13-22(21)33-23)15-6-7-18-8-11-20(12-9-18)32-25(3,4)24(28)29/h8-13,16-17,23H,5-7,14-15H2,1-4H3,(H,28,29). The number of carboxylic acid groups (broad SMARTS) is 1. The third-order valence-electron chi connectivity index (χ3n) is 5.92. The highest BCUT2D eigenvalue weighted by Crippen LogP contribution is 2.48. The van der Waals surface area contributed by atoms with E-state index in [9.17, 15) is 22.7 Å². The number of aliphatic carboxylic acids is 1. The molecule has 1 N–H and O–H groups in total. The van der Waals surface area contributed by atoms with Crippen LogP contribution in [0.4, 0.5) is 4.39 Å². The van der Waals surface area contributed by atoms with Crippen LogP contribution < -0.4 is 4.74 Å². The number of halogens is 1. The molecule has 0 aliphatic carbocycles. The summed E-state index contributed by atoms with van der Waals surface area (Å²) >= 11 is 1.30. The summed E-state index contributed by atoms with van der Waals surface area (Å²) in [4.78, 5) is 12.1. The number of hydrogen-bond donors (Lipinski definition) is 1. The summed E-state index contributed by atoms with van der Waals surface area (Å²) in [6.07, 6.45) is 2.03. The van der Waals surface area contributed by atoms with E-state index in [1.807, 2.05) is 26.0 Å². The molecule has 1 heterocycles. The van der Waals surface area contributed by atoms with Crippen molar-refractivity contribution in [3.05, 3.63) is 59.4 Å². The van der Waals surface area contributed by atoms with E-state index in [-0.39, 0.29) is 11.7 Å². The number of ether oxygens (including phenoxy) is 1. The van der Waals surface area contributed by atoms with Crippen molar-refractivity contribution in [2.75, 3.05) is 13.1 Å². The van der Waals surface area contributed by atoms with Gasteiger partial charge in [-0.3, -0.25) is 0 Å². The molecule has 0 bridgehead atoms. The van der Waals surface area contributed by atoms with E-state index < -0.39 is 26.2 Å². The molecular formula is C25H32FNO5S2. The highest BCUT2D eigenvalue weighted by Gasteiger charge is 2.42. The van der Waals surface area contributed by atoms with Gasteiger partial charge in [-0.05, 0) is 74.6 Å². The molecule has 0 amide bonds. The second kappa shape index (κ2) is 10.7. The van der Waals surface area contributed by atoms with E-state index in [0.29, 0.717) is 38.1 Å². The smallest absolute Gasteiger partial charge is 0.347 e. The van der Waals surface area contributed by atoms with Crippen molar-refractivity contribution in [2.45, 2.75) is 68.0 Å². The number of sulfonamides is 1. The number of benzene rings is 2. The van der Waals surface area contributed by atoms with Crippen LogP contribution >= 0.6 is 11.8 Å². The lowest BCUT2D eigenvalue weighted by Gasteiger charge is -2.27. The van der Waals surface area contributed by atoms with Gasteiger partial charge in [0.1, 0.15) is 16.1 Å². The number of carboxylic acids is 1. The molecule has 1 aliphatic rings. The Labute approximate surface area is 205 Å². The van der Waals surface area contributed by atoms with Crippen molar-refractivity contribution in [2.24, 2.45) is 0 Å². The van der Waals surface area contributed by atoms with E-state index in [4.69, 9.17) is 4.74 Å². The van der Waals surface area contributed by atoms with Crippen LogP contribution in [0.3, 0.4) is 0 Å². The average molecular weight is 510 g/mol. The number of thioether (sulfide) groups is 1. The third kappa shape index (κ3) is 5.93. The van der Waals surface area contributed by atoms with Crippen molar-refractivity contribution in [1.82, 2.24) is 4.31 Å². The second-order valence-electron chi connectivity index (χ2n) is 9.07. The van der Waals surface area contributed by atoms with Crippen LogP contribution in [0.1, 0.15) is 57.6 Å². The molecule has 2 atom stereocenters. The predicted octanol–water partition coefficient (Wildman–Crippen LogP) is 5.28. The highest BCUT2D eigenvalue weighted by molar-refractivity contribution is 8.13. The van der Waals surface area contributed by atoms with Gasteiger partial charge in [-0.25, -0.2) is 21.9 Å². The van der Waals surface area contributed by atoms with Crippen molar-refractivity contribution in [3.8, 4) is 5.75 Å². The topological polar surface area (TPSA) is 83.9 Å². The van der Waals surface area contributed by atoms with Gasteiger partial charge < -0.3 is 9.84 Å². The van der Waals surface area contributed by atoms with E-state index in [0.717, 1.165) is 16.0 Å². The molecule has 0 aromatic heterocycles. The minimum atomic E-state index is -3.58. The third-order valence-corrected chi connectivity index (χ3v) is 10.3. The molecule has 2 aromatic carbocycles. The maximum atomic E-state index is 13.7. The Balaban J connectivity index is 1.63. The molecule has 6 nitrogen and oxygen atoms in total. The lowest BCUT2D eigenvalue weighted by Crippen LogP contribution is -2.39. The molecule has 0 saturated heterocycles. The first-order chi connectivity index (χ1) is 16.0. The van der Waals surface area contributed by atoms with Crippen molar-refractivity contribution in [1.29, 1.82) is 0 Å². The van der Waals surface area contributed by atoms with E-state index in [2.05, 4.69) is 0 Å². The lowest BCUT2D eigenvalue weighted by atomic mass is 10.0. The van der Waals surface area contributed by atoms with Gasteiger partial charge in [-0.1, -0.05) is 26.0 Å². The average Bonchev–Trinajstić information content (AvgIpc) is 3.10. The molecule has 0 spiro atoms. The van der Waals surface area contributed by atoms with Gasteiger partial charge in [0.15, 0.2) is 5.60 Å². The van der Waals surface area contributed by atoms with Gasteiger partial charge in [-0.15, -0.1) is 11.8 Å². The quantitative estimate of drug-likeness (QED) is 0.444. The fourth-order valence-electron chi connectivity index (χ4n) is 3.96. The number of nitrogens with zero attached hydrogens (tertiary/aromatic N) is 1. The first kappa shape index (κ1) is 26.5. The van der Waals surface area contributed by atoms with Crippen LogP contribution in [0.25, 0.3) is 0 Å². The summed E-state index contributed by atoms with van der Waals surface area (Å²) in [5.41, 5.74) is 0.446. The predicted molar refractivity (Wildman–Crippen MR) is 132 cm³/mol. The summed E-state index contributed by atoms with van der Waals surface area (Å²) < 4.78 is 47.2. The normalized spacial score (nSPS) is 18.2. The summed E-state index contributed by atoms with van der Waals surface area (Å²) in [6.45, 7) is 7.62. The van der Waals surface area contributed by atoms with Gasteiger partial charge in [0.2, 0.25) is 10.0 Å². The Morgan fingerprint density at radius 3 is 2.47 bits per heavy atom. The summed E-state index contributed by atoms with van der Waals surface area (Å²) in [5.74, 6) is -1.22. The van der Waals surface area contributed by atoms with Crippen LogP contribution in [-0.2, 0) is 21.2 Å². The van der Waals surface area contributed by atoms with Crippen molar-refractivity contribution >= 4 is 27.8 Å². The van der Waals surface area contributed by atoms with Gasteiger partial charge in [0.25, 0.3) is 0 Å². The summed E-state index contributed by atoms with van der Waals surface area (Å²) in [5, 5.41) is 9.20. The second-order valence-corrected chi connectivity index (χ2v) is 12.6. The van der Waals surface area contributed by atoms with E-state index >= 15 is 0 Å². The number of hydrogen-bond acceptors (Lipinski definition) is 5. The molecule has 186 valence electrons. The van der Waals surface area contributed by atoms with Gasteiger partial charge in [0.05, 0.1) is 0 Å². The summed E-state index contributed by atoms with van der Waals surface area (Å²) in [6, 6.07) is 11.7. The van der Waals surface area contributed by atoms with Crippen molar-refractivity contribution in [3.63, 3.8) is 0 Å². The maximum absolute atomic E-state index is 13.7. The van der Waals surface area contributed by atoms with Crippen LogP contribution in [0, 0.1) is 5.82 Å². The zero-order valence-electron chi connectivity index (χ0n) is 20.0. The molecule has 1 aliphatic heterocycles. The maximum Gasteiger partial charge on any atom is 0.347 e. The molecule has 0 fully saturated rings. The van der Waals surface area contributed by atoms with Gasteiger partial charge in [0, 0.05) is 23.9 Å². The van der Waals surface area contributed by atoms with Crippen LogP contribution in [0.5, 0.6) is 5.75 Å². The molecule has 2 unspecified atom stereocenters. The Bertz CT molecular complexity index is 1120. The van der Waals surface area contributed by atoms with Crippen LogP contribution in [-0.4, -0.2) is 47.1 Å². The fourth-order valence-corrected chi connectivity index (χ4v) is 8.03. The fraction of sp³-hybridized carbons (Fsp3) is 0.480. The zero-order valence-corrected chi connectivity index (χ0v) is 21.6. The number of aryl methyl sites for hydroxylation is 1. The molecule has 9 heteroatoms. The lowest BCUT2D eigenvalue weighted by molar-refractivity contribution is -0.152. The number of fused-ring (bicyclic) bond motifs is 1. The zero-order chi connectivity index (χ0) is 25.1. The minimum absolute atomic E-state index is 0.289. The van der Waals surface area contributed by atoms with Gasteiger partial charge >= 0.3 is 5.97 Å². The largest absolute Gasteiger partial charge is 0.478 e. The summed E-state index contributed by atoms with van der Waals surface area (Å²) in [7, 11) is -3.58. The molecule has 34 heavy (non-hydrogen) atoms. The molecule has 0 saturated carbocycles. The van der Waals surface area contributed by atoms with Crippen LogP contribution in [0.15, 0.2) is 47.4 Å². The molecule has 2 aromatic rings. The Morgan fingerprint density at radius 1 is 1.18 bits per heavy atom. The van der Waals surface area contributed by atoms with Gasteiger partial charge in [-0.2, -0.15) is 0 Å². The highest BCUT2D eigenvalue weighted by atomic mass is 32.3. The molecule has 3 rings (SSSR count). The van der Waals surface area contributed by atoms with E-state index in [1.54, 1.807) is 22.5 Å². The first-order valence-corrected chi connectivity index (χ1v) is 13.8. The van der Waals surface area contributed by atoms with E-state index in [1.165, 1.54) is 37.7 Å². The monoisotopic (exact) mass is 509 g/mol. The first-order valence-electron chi connectivity index (χ1n) is 11.4. The Morgan fingerprint density at radius 2 is 1.85 bits per heavy atom. The number of rotatable bonds is 11. The minimum Gasteiger partial charge on any atom is -0.478 e. The molecular weight excluding hydrogens is 477 g/mol. The van der Waals surface area contributed by atoms with Crippen molar-refractivity contribution < 1.29 is 27.4 Å². The molecule has 0 radical (unpaired) electrons. The Hall–Kier alpha value is -2.10. The SMILES string of the molecule is CCCN(CCCc1ccc(OC(C)(C)C(=O)O)cc1)S(=O)(=O)C1Sc2ccc(F)cc2C1C. The Kier molecular flexibility index (Phi) is 8.31.